The second-order valence-electron chi connectivity index (χ2n) is 5.99. The normalized spacial score (nSPS) is 11.8. The van der Waals surface area contributed by atoms with Gasteiger partial charge < -0.3 is 4.74 Å². The summed E-state index contributed by atoms with van der Waals surface area (Å²) in [6.07, 6.45) is 1.39. The lowest BCUT2D eigenvalue weighted by Crippen LogP contribution is -2.15. The number of thioether (sulfide) groups is 1. The molecule has 1 aromatic carbocycles. The van der Waals surface area contributed by atoms with Crippen LogP contribution in [-0.4, -0.2) is 36.6 Å². The van der Waals surface area contributed by atoms with Gasteiger partial charge in [0.15, 0.2) is 17.1 Å². The molecular weight excluding hydrogens is 432 g/mol. The number of hydrogen-bond acceptors (Lipinski definition) is 8. The number of halogens is 1. The summed E-state index contributed by atoms with van der Waals surface area (Å²) in [5.41, 5.74) is 2.49. The Bertz CT molecular complexity index is 992. The molecule has 152 valence electrons. The van der Waals surface area contributed by atoms with Crippen LogP contribution in [0.1, 0.15) is 24.4 Å². The average molecular weight is 451 g/mol. The van der Waals surface area contributed by atoms with E-state index in [1.54, 1.807) is 17.7 Å². The first-order valence-corrected chi connectivity index (χ1v) is 10.9. The zero-order valence-corrected chi connectivity index (χ0v) is 18.2. The summed E-state index contributed by atoms with van der Waals surface area (Å²) < 4.78 is 7.94. The van der Waals surface area contributed by atoms with E-state index in [1.807, 2.05) is 30.5 Å². The highest BCUT2D eigenvalue weighted by Gasteiger charge is 2.20. The molecule has 0 radical (unpaired) electrons. The molecule has 1 atom stereocenters. The lowest BCUT2D eigenvalue weighted by atomic mass is 10.2. The summed E-state index contributed by atoms with van der Waals surface area (Å²) in [5.74, 6) is 1.34. The lowest BCUT2D eigenvalue weighted by Gasteiger charge is -2.17. The maximum atomic E-state index is 12.1. The minimum absolute atomic E-state index is 0.167. The summed E-state index contributed by atoms with van der Waals surface area (Å²) in [6.45, 7) is 8.12. The van der Waals surface area contributed by atoms with Gasteiger partial charge in [-0.25, -0.2) is 0 Å². The third-order valence-corrected chi connectivity index (χ3v) is 5.61. The Kier molecular flexibility index (Phi) is 7.24. The number of hydrogen-bond donors (Lipinski definition) is 1. The van der Waals surface area contributed by atoms with E-state index in [-0.39, 0.29) is 17.8 Å². The van der Waals surface area contributed by atoms with Gasteiger partial charge in [-0.05, 0) is 37.6 Å². The molecule has 0 saturated heterocycles. The number of carbonyl (C=O) groups is 1. The van der Waals surface area contributed by atoms with E-state index in [4.69, 9.17) is 16.3 Å². The van der Waals surface area contributed by atoms with Gasteiger partial charge in [0.2, 0.25) is 11.0 Å². The number of aromatic nitrogens is 5. The first kappa shape index (κ1) is 21.3. The van der Waals surface area contributed by atoms with Crippen LogP contribution in [0.25, 0.3) is 0 Å². The van der Waals surface area contributed by atoms with Gasteiger partial charge in [-0.3, -0.25) is 14.7 Å². The predicted molar refractivity (Wildman–Crippen MR) is 115 cm³/mol. The molecule has 11 heteroatoms. The van der Waals surface area contributed by atoms with Crippen molar-refractivity contribution in [2.24, 2.45) is 0 Å². The largest absolute Gasteiger partial charge is 0.482 e. The van der Waals surface area contributed by atoms with E-state index in [0.717, 1.165) is 11.3 Å². The molecule has 3 aromatic rings. The van der Waals surface area contributed by atoms with Crippen LogP contribution in [0.2, 0.25) is 5.02 Å². The Morgan fingerprint density at radius 2 is 2.28 bits per heavy atom. The van der Waals surface area contributed by atoms with Crippen LogP contribution in [0.15, 0.2) is 41.5 Å². The van der Waals surface area contributed by atoms with Crippen molar-refractivity contribution in [1.82, 2.24) is 25.0 Å². The van der Waals surface area contributed by atoms with Crippen LogP contribution in [0.4, 0.5) is 5.13 Å². The van der Waals surface area contributed by atoms with Gasteiger partial charge in [-0.15, -0.1) is 27.0 Å². The SMILES string of the molecule is C=CCn1c(SCC(=O)Nc2nncs2)nnc1C(C)Oc1ccc(Cl)cc1C. The average Bonchev–Trinajstić information content (AvgIpc) is 3.32. The van der Waals surface area contributed by atoms with Crippen LogP contribution in [0, 0.1) is 6.92 Å². The summed E-state index contributed by atoms with van der Waals surface area (Å²) in [5, 5.41) is 20.4. The number of aryl methyl sites for hydroxylation is 1. The summed E-state index contributed by atoms with van der Waals surface area (Å²) in [4.78, 5) is 12.1. The molecule has 8 nitrogen and oxygen atoms in total. The number of ether oxygens (including phenoxy) is 1. The zero-order chi connectivity index (χ0) is 20.8. The molecule has 3 rings (SSSR count). The minimum atomic E-state index is -0.355. The number of allylic oxidation sites excluding steroid dienone is 1. The molecule has 2 aromatic heterocycles. The number of benzene rings is 1. The van der Waals surface area contributed by atoms with Crippen LogP contribution in [0.3, 0.4) is 0 Å². The summed E-state index contributed by atoms with van der Waals surface area (Å²) >= 11 is 8.55. The van der Waals surface area contributed by atoms with E-state index in [9.17, 15) is 4.79 Å². The Hall–Kier alpha value is -2.43. The van der Waals surface area contributed by atoms with Crippen LogP contribution < -0.4 is 10.1 Å². The first-order chi connectivity index (χ1) is 14.0. The first-order valence-electron chi connectivity index (χ1n) is 8.63. The molecule has 0 aliphatic rings. The molecule has 0 bridgehead atoms. The maximum absolute atomic E-state index is 12.1. The standard InChI is InChI=1S/C18H19ClN6O2S2/c1-4-7-25-16(12(3)27-14-6-5-13(19)8-11(14)2)22-24-18(25)28-9-15(26)21-17-23-20-10-29-17/h4-6,8,10,12H,1,7,9H2,2-3H3,(H,21,23,26). The van der Waals surface area contributed by atoms with Gasteiger partial charge in [0.1, 0.15) is 11.3 Å². The Balaban J connectivity index is 1.70. The van der Waals surface area contributed by atoms with Gasteiger partial charge in [-0.2, -0.15) is 0 Å². The van der Waals surface area contributed by atoms with E-state index < -0.39 is 0 Å². The Morgan fingerprint density at radius 1 is 1.45 bits per heavy atom. The minimum Gasteiger partial charge on any atom is -0.482 e. The second kappa shape index (κ2) is 9.86. The summed E-state index contributed by atoms with van der Waals surface area (Å²) in [7, 11) is 0. The molecule has 1 unspecified atom stereocenters. The molecule has 2 heterocycles. The molecular formula is C18H19ClN6O2S2. The molecule has 1 amide bonds. The summed E-state index contributed by atoms with van der Waals surface area (Å²) in [6, 6.07) is 5.45. The number of nitrogens with zero attached hydrogens (tertiary/aromatic N) is 5. The topological polar surface area (TPSA) is 94.8 Å². The third-order valence-electron chi connectivity index (χ3n) is 3.80. The van der Waals surface area contributed by atoms with Crippen molar-refractivity contribution < 1.29 is 9.53 Å². The Morgan fingerprint density at radius 3 is 2.97 bits per heavy atom. The predicted octanol–water partition coefficient (Wildman–Crippen LogP) is 4.15. The number of carbonyl (C=O) groups excluding carboxylic acids is 1. The van der Waals surface area contributed by atoms with Crippen LogP contribution >= 0.6 is 34.7 Å². The molecule has 0 spiro atoms. The van der Waals surface area contributed by atoms with Crippen molar-refractivity contribution in [3.05, 3.63) is 52.8 Å². The fourth-order valence-electron chi connectivity index (χ4n) is 2.51. The van der Waals surface area contributed by atoms with Gasteiger partial charge in [-0.1, -0.05) is 40.8 Å². The number of anilines is 1. The van der Waals surface area contributed by atoms with Gasteiger partial charge in [0.05, 0.1) is 5.75 Å². The lowest BCUT2D eigenvalue weighted by molar-refractivity contribution is -0.113. The van der Waals surface area contributed by atoms with Crippen molar-refractivity contribution in [2.45, 2.75) is 31.7 Å². The van der Waals surface area contributed by atoms with E-state index in [2.05, 4.69) is 32.3 Å². The van der Waals surface area contributed by atoms with E-state index >= 15 is 0 Å². The van der Waals surface area contributed by atoms with Crippen molar-refractivity contribution in [3.63, 3.8) is 0 Å². The molecule has 1 N–H and O–H groups in total. The number of nitrogens with one attached hydrogen (secondary N) is 1. The second-order valence-corrected chi connectivity index (χ2v) is 8.20. The van der Waals surface area contributed by atoms with Crippen molar-refractivity contribution in [3.8, 4) is 5.75 Å². The van der Waals surface area contributed by atoms with Crippen LogP contribution in [-0.2, 0) is 11.3 Å². The van der Waals surface area contributed by atoms with Crippen LogP contribution in [0.5, 0.6) is 5.75 Å². The number of rotatable bonds is 9. The molecule has 0 fully saturated rings. The number of amides is 1. The van der Waals surface area contributed by atoms with Crippen molar-refractivity contribution >= 4 is 45.7 Å². The molecule has 0 saturated carbocycles. The van der Waals surface area contributed by atoms with Gasteiger partial charge in [0.25, 0.3) is 0 Å². The highest BCUT2D eigenvalue weighted by molar-refractivity contribution is 7.99. The Labute approximate surface area is 181 Å². The highest BCUT2D eigenvalue weighted by atomic mass is 35.5. The van der Waals surface area contributed by atoms with E-state index in [0.29, 0.717) is 27.7 Å². The van der Waals surface area contributed by atoms with Gasteiger partial charge in [0, 0.05) is 11.6 Å². The molecule has 0 aliphatic carbocycles. The molecule has 0 aliphatic heterocycles. The smallest absolute Gasteiger partial charge is 0.236 e. The maximum Gasteiger partial charge on any atom is 0.236 e. The monoisotopic (exact) mass is 450 g/mol. The van der Waals surface area contributed by atoms with E-state index in [1.165, 1.54) is 23.1 Å². The fourth-order valence-corrected chi connectivity index (χ4v) is 3.95. The van der Waals surface area contributed by atoms with Crippen molar-refractivity contribution in [1.29, 1.82) is 0 Å². The zero-order valence-electron chi connectivity index (χ0n) is 15.8. The fraction of sp³-hybridized carbons (Fsp3) is 0.278. The quantitative estimate of drug-likeness (QED) is 0.386. The van der Waals surface area contributed by atoms with Gasteiger partial charge >= 0.3 is 0 Å². The third kappa shape index (κ3) is 5.55. The molecule has 29 heavy (non-hydrogen) atoms. The highest BCUT2D eigenvalue weighted by Crippen LogP contribution is 2.28. The van der Waals surface area contributed by atoms with Crippen molar-refractivity contribution in [2.75, 3.05) is 11.1 Å².